The van der Waals surface area contributed by atoms with Gasteiger partial charge in [0.15, 0.2) is 0 Å². The van der Waals surface area contributed by atoms with Crippen LogP contribution in [0.15, 0.2) is 103 Å². The number of fused-ring (bicyclic) bond motifs is 1. The third-order valence-corrected chi connectivity index (χ3v) is 9.02. The molecule has 1 unspecified atom stereocenters. The molecule has 1 aliphatic rings. The highest BCUT2D eigenvalue weighted by Crippen LogP contribution is 2.29. The van der Waals surface area contributed by atoms with E-state index in [9.17, 15) is 0 Å². The topological polar surface area (TPSA) is 38.5 Å². The molecule has 44 heavy (non-hydrogen) atoms. The molecule has 228 valence electrons. The molecule has 0 bridgehead atoms. The lowest BCUT2D eigenvalue weighted by atomic mass is 9.92. The third kappa shape index (κ3) is 8.37. The van der Waals surface area contributed by atoms with E-state index in [0.29, 0.717) is 5.76 Å². The number of hydrogen-bond acceptors (Lipinski definition) is 3. The van der Waals surface area contributed by atoms with Crippen LogP contribution >= 0.6 is 0 Å². The van der Waals surface area contributed by atoms with Crippen LogP contribution in [0.1, 0.15) is 62.1 Å². The van der Waals surface area contributed by atoms with E-state index in [2.05, 4.69) is 122 Å². The summed E-state index contributed by atoms with van der Waals surface area (Å²) in [6.45, 7) is 11.0. The fourth-order valence-corrected chi connectivity index (χ4v) is 6.46. The molecule has 0 aliphatic heterocycles. The summed E-state index contributed by atoms with van der Waals surface area (Å²) in [6, 6.07) is 31.3. The Bertz CT molecular complexity index is 1600. The molecule has 3 heteroatoms. The molecule has 0 spiro atoms. The highest BCUT2D eigenvalue weighted by atomic mass is 16.5. The van der Waals surface area contributed by atoms with Crippen LogP contribution in [0.5, 0.6) is 0 Å². The van der Waals surface area contributed by atoms with E-state index >= 15 is 0 Å². The van der Waals surface area contributed by atoms with E-state index < -0.39 is 0 Å². The zero-order chi connectivity index (χ0) is 30.9. The normalized spacial score (nSPS) is 12.8. The predicted octanol–water partition coefficient (Wildman–Crippen LogP) is 8.32. The smallest absolute Gasteiger partial charge is 0.105 e. The van der Waals surface area contributed by atoms with Crippen LogP contribution < -0.4 is 5.73 Å². The SMILES string of the molecule is C=C(OC)C(N)CCN(Cc1ccccc1CCc1cccc(C)c1)Cc1ccc2c(c1CCc1cccc(C)c1)C=CC2. The minimum Gasteiger partial charge on any atom is -0.500 e. The molecule has 2 N–H and O–H groups in total. The standard InChI is InChI=1S/C41H48N2O/c1-30-10-7-12-33(26-30)18-20-35-14-5-6-15-37(35)28-43(25-24-41(42)32(3)44-4)29-38-22-21-36-16-9-17-39(36)40(38)23-19-34-13-8-11-31(2)27-34/h5-15,17,21-22,26-27,41H,3,16,18-20,23-25,28-29,42H2,1-2,4H3. The van der Waals surface area contributed by atoms with Gasteiger partial charge >= 0.3 is 0 Å². The van der Waals surface area contributed by atoms with Crippen molar-refractivity contribution >= 4 is 6.08 Å². The summed E-state index contributed by atoms with van der Waals surface area (Å²) in [5.74, 6) is 0.644. The van der Waals surface area contributed by atoms with E-state index in [0.717, 1.165) is 58.2 Å². The molecular weight excluding hydrogens is 536 g/mol. The maximum atomic E-state index is 6.48. The number of methoxy groups -OCH3 is 1. The number of nitrogens with zero attached hydrogens (tertiary/aromatic N) is 1. The quantitative estimate of drug-likeness (QED) is 0.143. The predicted molar refractivity (Wildman–Crippen MR) is 186 cm³/mol. The molecule has 0 saturated heterocycles. The average Bonchev–Trinajstić information content (AvgIpc) is 3.51. The van der Waals surface area contributed by atoms with Crippen molar-refractivity contribution in [3.8, 4) is 0 Å². The van der Waals surface area contributed by atoms with Crippen molar-refractivity contribution in [2.75, 3.05) is 13.7 Å². The molecule has 5 rings (SSSR count). The Kier molecular flexibility index (Phi) is 10.9. The zero-order valence-electron chi connectivity index (χ0n) is 26.8. The Morgan fingerprint density at radius 1 is 0.795 bits per heavy atom. The van der Waals surface area contributed by atoms with Crippen LogP contribution in [0.25, 0.3) is 6.08 Å². The third-order valence-electron chi connectivity index (χ3n) is 9.02. The summed E-state index contributed by atoms with van der Waals surface area (Å²) < 4.78 is 5.39. The molecule has 4 aromatic rings. The van der Waals surface area contributed by atoms with Gasteiger partial charge in [0.1, 0.15) is 5.76 Å². The number of nitrogens with two attached hydrogens (primary N) is 1. The summed E-state index contributed by atoms with van der Waals surface area (Å²) in [6.07, 6.45) is 10.6. The minimum atomic E-state index is -0.192. The Morgan fingerprint density at radius 3 is 2.14 bits per heavy atom. The van der Waals surface area contributed by atoms with Gasteiger partial charge in [0, 0.05) is 19.6 Å². The monoisotopic (exact) mass is 584 g/mol. The van der Waals surface area contributed by atoms with Crippen LogP contribution in [0.3, 0.4) is 0 Å². The summed E-state index contributed by atoms with van der Waals surface area (Å²) >= 11 is 0. The number of allylic oxidation sites excluding steroid dienone is 1. The van der Waals surface area contributed by atoms with Gasteiger partial charge in [0.2, 0.25) is 0 Å². The second kappa shape index (κ2) is 15.2. The lowest BCUT2D eigenvalue weighted by Gasteiger charge is -2.27. The second-order valence-electron chi connectivity index (χ2n) is 12.4. The molecule has 0 aromatic heterocycles. The highest BCUT2D eigenvalue weighted by molar-refractivity contribution is 5.65. The minimum absolute atomic E-state index is 0.192. The number of ether oxygens (including phenoxy) is 1. The van der Waals surface area contributed by atoms with Crippen molar-refractivity contribution in [1.29, 1.82) is 0 Å². The van der Waals surface area contributed by atoms with Crippen LogP contribution in [0.2, 0.25) is 0 Å². The Balaban J connectivity index is 1.39. The molecule has 1 atom stereocenters. The van der Waals surface area contributed by atoms with Crippen LogP contribution in [-0.4, -0.2) is 24.6 Å². The van der Waals surface area contributed by atoms with Crippen LogP contribution in [0, 0.1) is 13.8 Å². The van der Waals surface area contributed by atoms with E-state index in [-0.39, 0.29) is 6.04 Å². The molecule has 0 radical (unpaired) electrons. The van der Waals surface area contributed by atoms with Gasteiger partial charge in [-0.25, -0.2) is 0 Å². The molecule has 3 nitrogen and oxygen atoms in total. The van der Waals surface area contributed by atoms with Gasteiger partial charge in [-0.1, -0.05) is 115 Å². The van der Waals surface area contributed by atoms with Gasteiger partial charge in [-0.2, -0.15) is 0 Å². The molecule has 0 amide bonds. The molecule has 4 aromatic carbocycles. The number of rotatable bonds is 15. The van der Waals surface area contributed by atoms with E-state index in [4.69, 9.17) is 10.5 Å². The number of benzene rings is 4. The van der Waals surface area contributed by atoms with Gasteiger partial charge in [-0.3, -0.25) is 4.90 Å². The van der Waals surface area contributed by atoms with Gasteiger partial charge in [0.05, 0.1) is 13.2 Å². The first-order chi connectivity index (χ1) is 21.4. The lowest BCUT2D eigenvalue weighted by Crippen LogP contribution is -2.32. The molecule has 1 aliphatic carbocycles. The summed E-state index contributed by atoms with van der Waals surface area (Å²) in [5.41, 5.74) is 20.5. The fourth-order valence-electron chi connectivity index (χ4n) is 6.46. The molecule has 0 heterocycles. The second-order valence-corrected chi connectivity index (χ2v) is 12.4. The van der Waals surface area contributed by atoms with Crippen molar-refractivity contribution in [2.24, 2.45) is 5.73 Å². The average molecular weight is 585 g/mol. The van der Waals surface area contributed by atoms with Gasteiger partial charge in [-0.15, -0.1) is 0 Å². The summed E-state index contributed by atoms with van der Waals surface area (Å²) in [5, 5.41) is 0. The van der Waals surface area contributed by atoms with Crippen LogP contribution in [-0.2, 0) is 49.9 Å². The van der Waals surface area contributed by atoms with Gasteiger partial charge < -0.3 is 10.5 Å². The number of aryl methyl sites for hydroxylation is 5. The largest absolute Gasteiger partial charge is 0.500 e. The molecular formula is C41H48N2O. The van der Waals surface area contributed by atoms with Crippen molar-refractivity contribution in [1.82, 2.24) is 4.90 Å². The van der Waals surface area contributed by atoms with Crippen molar-refractivity contribution in [3.63, 3.8) is 0 Å². The highest BCUT2D eigenvalue weighted by Gasteiger charge is 2.19. The first-order valence-electron chi connectivity index (χ1n) is 16.1. The van der Waals surface area contributed by atoms with Gasteiger partial charge in [0.25, 0.3) is 0 Å². The Morgan fingerprint density at radius 2 is 1.45 bits per heavy atom. The van der Waals surface area contributed by atoms with Crippen molar-refractivity contribution in [3.05, 3.63) is 159 Å². The van der Waals surface area contributed by atoms with Gasteiger partial charge in [-0.05, 0) is 96.9 Å². The number of hydrogen-bond donors (Lipinski definition) is 1. The molecule has 0 saturated carbocycles. The molecule has 0 fully saturated rings. The Labute approximate surface area is 265 Å². The zero-order valence-corrected chi connectivity index (χ0v) is 26.8. The van der Waals surface area contributed by atoms with Crippen LogP contribution in [0.4, 0.5) is 0 Å². The fraction of sp³-hybridized carbons (Fsp3) is 0.317. The van der Waals surface area contributed by atoms with Crippen molar-refractivity contribution in [2.45, 2.75) is 71.5 Å². The van der Waals surface area contributed by atoms with E-state index in [1.165, 1.54) is 55.6 Å². The maximum Gasteiger partial charge on any atom is 0.105 e. The van der Waals surface area contributed by atoms with E-state index in [1.54, 1.807) is 7.11 Å². The summed E-state index contributed by atoms with van der Waals surface area (Å²) in [7, 11) is 1.66. The first-order valence-corrected chi connectivity index (χ1v) is 16.1. The summed E-state index contributed by atoms with van der Waals surface area (Å²) in [4.78, 5) is 2.57. The lowest BCUT2D eigenvalue weighted by molar-refractivity contribution is 0.223. The van der Waals surface area contributed by atoms with E-state index in [1.807, 2.05) is 0 Å². The maximum absolute atomic E-state index is 6.48. The Hall–Kier alpha value is -3.92. The van der Waals surface area contributed by atoms with Crippen molar-refractivity contribution < 1.29 is 4.74 Å². The first kappa shape index (κ1) is 31.5.